The molecular formula is C19H15ClF2N2O2S. The summed E-state index contributed by atoms with van der Waals surface area (Å²) in [6, 6.07) is 9.99. The van der Waals surface area contributed by atoms with Gasteiger partial charge in [0.15, 0.2) is 0 Å². The average Bonchev–Trinajstić information content (AvgIpc) is 3.12. The van der Waals surface area contributed by atoms with E-state index in [0.717, 1.165) is 23.8 Å². The number of hydrogen-bond acceptors (Lipinski definition) is 4. The zero-order valence-electron chi connectivity index (χ0n) is 14.2. The normalized spacial score (nSPS) is 12.0. The van der Waals surface area contributed by atoms with E-state index >= 15 is 0 Å². The van der Waals surface area contributed by atoms with Gasteiger partial charge in [0.05, 0.1) is 16.6 Å². The average molecular weight is 409 g/mol. The number of carbonyl (C=O) groups is 1. The standard InChI is InChI=1S/C19H15ClF2N2O2S/c1-11(18(25)24-17-8-14(21)6-7-16(17)22)27-10-15-9-26-19(23-15)12-2-4-13(20)5-3-12/h2-9,11H,10H2,1H3,(H,24,25)/t11-/m1/s1. The molecule has 3 aromatic rings. The highest BCUT2D eigenvalue weighted by atomic mass is 35.5. The van der Waals surface area contributed by atoms with Gasteiger partial charge >= 0.3 is 0 Å². The first-order chi connectivity index (χ1) is 12.9. The van der Waals surface area contributed by atoms with Crippen LogP contribution in [0, 0.1) is 11.6 Å². The number of oxazole rings is 1. The van der Waals surface area contributed by atoms with E-state index in [1.807, 2.05) is 0 Å². The Kier molecular flexibility index (Phi) is 6.13. The second-order valence-corrected chi connectivity index (χ2v) is 7.48. The van der Waals surface area contributed by atoms with Crippen LogP contribution < -0.4 is 5.32 Å². The summed E-state index contributed by atoms with van der Waals surface area (Å²) in [5, 5.41) is 2.52. The fourth-order valence-electron chi connectivity index (χ4n) is 2.21. The summed E-state index contributed by atoms with van der Waals surface area (Å²) in [5.74, 6) is -0.848. The summed E-state index contributed by atoms with van der Waals surface area (Å²) < 4.78 is 32.2. The lowest BCUT2D eigenvalue weighted by atomic mass is 10.2. The van der Waals surface area contributed by atoms with Gasteiger partial charge in [-0.15, -0.1) is 11.8 Å². The smallest absolute Gasteiger partial charge is 0.237 e. The Morgan fingerprint density at radius 2 is 2.00 bits per heavy atom. The summed E-state index contributed by atoms with van der Waals surface area (Å²) in [6.07, 6.45) is 1.52. The minimum absolute atomic E-state index is 0.182. The summed E-state index contributed by atoms with van der Waals surface area (Å²) in [5.41, 5.74) is 1.28. The van der Waals surface area contributed by atoms with Crippen LogP contribution >= 0.6 is 23.4 Å². The molecule has 2 aromatic carbocycles. The van der Waals surface area contributed by atoms with Gasteiger partial charge in [-0.25, -0.2) is 13.8 Å². The van der Waals surface area contributed by atoms with Crippen molar-refractivity contribution in [2.24, 2.45) is 0 Å². The van der Waals surface area contributed by atoms with Gasteiger partial charge in [-0.2, -0.15) is 0 Å². The number of thioether (sulfide) groups is 1. The van der Waals surface area contributed by atoms with Crippen molar-refractivity contribution < 1.29 is 18.0 Å². The lowest BCUT2D eigenvalue weighted by molar-refractivity contribution is -0.115. The fourth-order valence-corrected chi connectivity index (χ4v) is 3.10. The maximum Gasteiger partial charge on any atom is 0.237 e. The zero-order valence-corrected chi connectivity index (χ0v) is 15.8. The van der Waals surface area contributed by atoms with E-state index in [4.69, 9.17) is 16.0 Å². The number of benzene rings is 2. The number of hydrogen-bond donors (Lipinski definition) is 1. The highest BCUT2D eigenvalue weighted by Gasteiger charge is 2.17. The molecule has 1 amide bonds. The van der Waals surface area contributed by atoms with E-state index in [9.17, 15) is 13.6 Å². The molecule has 0 bridgehead atoms. The van der Waals surface area contributed by atoms with E-state index < -0.39 is 22.8 Å². The van der Waals surface area contributed by atoms with Gasteiger partial charge in [0.1, 0.15) is 17.9 Å². The van der Waals surface area contributed by atoms with Gasteiger partial charge in [0.25, 0.3) is 0 Å². The number of nitrogens with one attached hydrogen (secondary N) is 1. The number of anilines is 1. The van der Waals surface area contributed by atoms with Gasteiger partial charge in [-0.1, -0.05) is 11.6 Å². The predicted octanol–water partition coefficient (Wildman–Crippen LogP) is 5.53. The molecule has 0 saturated heterocycles. The van der Waals surface area contributed by atoms with Gasteiger partial charge in [0.2, 0.25) is 11.8 Å². The molecule has 27 heavy (non-hydrogen) atoms. The maximum absolute atomic E-state index is 13.6. The molecule has 0 spiro atoms. The van der Waals surface area contributed by atoms with E-state index in [0.29, 0.717) is 22.4 Å². The lowest BCUT2D eigenvalue weighted by Crippen LogP contribution is -2.23. The van der Waals surface area contributed by atoms with E-state index in [1.54, 1.807) is 31.2 Å². The predicted molar refractivity (Wildman–Crippen MR) is 103 cm³/mol. The molecule has 1 heterocycles. The molecule has 0 aliphatic rings. The Morgan fingerprint density at radius 1 is 1.26 bits per heavy atom. The molecule has 1 N–H and O–H groups in total. The Bertz CT molecular complexity index is 947. The fraction of sp³-hybridized carbons (Fsp3) is 0.158. The molecule has 0 aliphatic heterocycles. The monoisotopic (exact) mass is 408 g/mol. The highest BCUT2D eigenvalue weighted by molar-refractivity contribution is 7.99. The van der Waals surface area contributed by atoms with Crippen LogP contribution in [0.1, 0.15) is 12.6 Å². The molecular weight excluding hydrogens is 394 g/mol. The van der Waals surface area contributed by atoms with E-state index in [-0.39, 0.29) is 5.69 Å². The molecule has 0 aliphatic carbocycles. The van der Waals surface area contributed by atoms with Crippen molar-refractivity contribution in [2.45, 2.75) is 17.9 Å². The number of amides is 1. The Morgan fingerprint density at radius 3 is 2.74 bits per heavy atom. The highest BCUT2D eigenvalue weighted by Crippen LogP contribution is 2.24. The van der Waals surface area contributed by atoms with E-state index in [1.165, 1.54) is 18.0 Å². The van der Waals surface area contributed by atoms with Crippen molar-refractivity contribution in [3.8, 4) is 11.5 Å². The third-order valence-electron chi connectivity index (χ3n) is 3.68. The largest absolute Gasteiger partial charge is 0.444 e. The molecule has 140 valence electrons. The number of aromatic nitrogens is 1. The van der Waals surface area contributed by atoms with Gasteiger partial charge < -0.3 is 9.73 Å². The van der Waals surface area contributed by atoms with Gasteiger partial charge in [0, 0.05) is 22.4 Å². The van der Waals surface area contributed by atoms with Crippen LogP contribution in [-0.2, 0) is 10.5 Å². The topological polar surface area (TPSA) is 55.1 Å². The first-order valence-corrected chi connectivity index (χ1v) is 9.43. The van der Waals surface area contributed by atoms with Gasteiger partial charge in [-0.3, -0.25) is 4.79 Å². The van der Waals surface area contributed by atoms with Gasteiger partial charge in [-0.05, 0) is 43.3 Å². The molecule has 0 saturated carbocycles. The Balaban J connectivity index is 1.57. The first kappa shape index (κ1) is 19.4. The molecule has 8 heteroatoms. The Hall–Kier alpha value is -2.38. The van der Waals surface area contributed by atoms with Crippen molar-refractivity contribution in [1.82, 2.24) is 4.98 Å². The number of halogens is 3. The van der Waals surface area contributed by atoms with Crippen LogP contribution in [0.3, 0.4) is 0 Å². The molecule has 0 fully saturated rings. The minimum atomic E-state index is -0.689. The SMILES string of the molecule is C[C@@H](SCc1coc(-c2ccc(Cl)cc2)n1)C(=O)Nc1cc(F)ccc1F. The molecule has 3 rings (SSSR count). The third-order valence-corrected chi connectivity index (χ3v) is 5.11. The minimum Gasteiger partial charge on any atom is -0.444 e. The van der Waals surface area contributed by atoms with Crippen LogP contribution in [0.15, 0.2) is 53.1 Å². The summed E-state index contributed by atoms with van der Waals surface area (Å²) >= 11 is 7.16. The summed E-state index contributed by atoms with van der Waals surface area (Å²) in [7, 11) is 0. The summed E-state index contributed by atoms with van der Waals surface area (Å²) in [6.45, 7) is 1.68. The van der Waals surface area contributed by atoms with Crippen LogP contribution in [0.25, 0.3) is 11.5 Å². The number of rotatable bonds is 6. The Labute approximate surface area is 163 Å². The number of nitrogens with zero attached hydrogens (tertiary/aromatic N) is 1. The van der Waals surface area contributed by atoms with Crippen molar-refractivity contribution in [2.75, 3.05) is 5.32 Å². The molecule has 1 aromatic heterocycles. The molecule has 4 nitrogen and oxygen atoms in total. The van der Waals surface area contributed by atoms with Crippen LogP contribution in [0.5, 0.6) is 0 Å². The second kappa shape index (κ2) is 8.54. The first-order valence-electron chi connectivity index (χ1n) is 8.00. The van der Waals surface area contributed by atoms with E-state index in [2.05, 4.69) is 10.3 Å². The van der Waals surface area contributed by atoms with Crippen molar-refractivity contribution in [3.63, 3.8) is 0 Å². The quantitative estimate of drug-likeness (QED) is 0.582. The third kappa shape index (κ3) is 5.08. The molecule has 0 radical (unpaired) electrons. The van der Waals surface area contributed by atoms with Crippen molar-refractivity contribution >= 4 is 35.0 Å². The zero-order chi connectivity index (χ0) is 19.4. The van der Waals surface area contributed by atoms with Crippen LogP contribution in [-0.4, -0.2) is 16.1 Å². The van der Waals surface area contributed by atoms with Crippen molar-refractivity contribution in [3.05, 3.63) is 71.1 Å². The molecule has 1 atom stereocenters. The molecule has 0 unspecified atom stereocenters. The van der Waals surface area contributed by atoms with Crippen LogP contribution in [0.2, 0.25) is 5.02 Å². The van der Waals surface area contributed by atoms with Crippen LogP contribution in [0.4, 0.5) is 14.5 Å². The lowest BCUT2D eigenvalue weighted by Gasteiger charge is -2.11. The summed E-state index contributed by atoms with van der Waals surface area (Å²) in [4.78, 5) is 16.6. The maximum atomic E-state index is 13.6. The van der Waals surface area contributed by atoms with Crippen molar-refractivity contribution in [1.29, 1.82) is 0 Å². The second-order valence-electron chi connectivity index (χ2n) is 5.72. The number of carbonyl (C=O) groups excluding carboxylic acids is 1.